The molecule has 1 fully saturated rings. The summed E-state index contributed by atoms with van der Waals surface area (Å²) >= 11 is 7.01. The highest BCUT2D eigenvalue weighted by Gasteiger charge is 2.20. The Hall–Kier alpha value is -2.98. The highest BCUT2D eigenvalue weighted by atomic mass is 35.5. The van der Waals surface area contributed by atoms with Gasteiger partial charge in [0.15, 0.2) is 5.82 Å². The highest BCUT2D eigenvalue weighted by molar-refractivity contribution is 7.17. The number of urea groups is 1. The number of carbonyl (C=O) groups excluding carboxylic acids is 2. The summed E-state index contributed by atoms with van der Waals surface area (Å²) in [6.07, 6.45) is 2.33. The Morgan fingerprint density at radius 1 is 1.34 bits per heavy atom. The normalized spacial score (nSPS) is 14.0. The summed E-state index contributed by atoms with van der Waals surface area (Å²) in [5.74, 6) is -0.804. The van der Waals surface area contributed by atoms with Crippen LogP contribution >= 0.6 is 22.9 Å². The van der Waals surface area contributed by atoms with Crippen LogP contribution in [0, 0.1) is 5.82 Å². The third kappa shape index (κ3) is 4.22. The molecule has 1 aliphatic heterocycles. The first kappa shape index (κ1) is 19.3. The van der Waals surface area contributed by atoms with Gasteiger partial charge in [0.05, 0.1) is 22.0 Å². The van der Waals surface area contributed by atoms with Crippen LogP contribution in [0.2, 0.25) is 4.34 Å². The Bertz CT molecular complexity index is 1070. The molecule has 1 aliphatic rings. The van der Waals surface area contributed by atoms with E-state index >= 15 is 0 Å². The fourth-order valence-corrected chi connectivity index (χ4v) is 3.88. The molecule has 3 aromatic rings. The second-order valence-electron chi connectivity index (χ2n) is 6.31. The number of hydrogen-bond donors (Lipinski definition) is 2. The van der Waals surface area contributed by atoms with Crippen LogP contribution in [-0.4, -0.2) is 40.0 Å². The molecule has 8 nitrogen and oxygen atoms in total. The lowest BCUT2D eigenvalue weighted by Crippen LogP contribution is -2.46. The molecule has 0 saturated carbocycles. The average Bonchev–Trinajstić information content (AvgIpc) is 3.35. The molecule has 0 radical (unpaired) electrons. The van der Waals surface area contributed by atoms with Crippen LogP contribution in [0.1, 0.15) is 21.8 Å². The predicted molar refractivity (Wildman–Crippen MR) is 107 cm³/mol. The van der Waals surface area contributed by atoms with Gasteiger partial charge >= 0.3 is 6.03 Å². The minimum absolute atomic E-state index is 0.141. The monoisotopic (exact) mass is 434 g/mol. The second-order valence-corrected chi connectivity index (χ2v) is 8.03. The standard InChI is InChI=1S/C18H16ClFN6O2S/c19-16-5-4-15(29-16)17(27)22-9-11-10-26(24-23-11)14-3-2-12(8-13(14)20)25-7-1-6-21-18(25)28/h2-5,8,10H,1,6-7,9H2,(H,21,28)(H,22,27). The predicted octanol–water partition coefficient (Wildman–Crippen LogP) is 2.97. The number of rotatable bonds is 5. The molecule has 0 bridgehead atoms. The maximum Gasteiger partial charge on any atom is 0.321 e. The van der Waals surface area contributed by atoms with E-state index in [0.717, 1.165) is 6.42 Å². The number of nitrogens with one attached hydrogen (secondary N) is 2. The fourth-order valence-electron chi connectivity index (χ4n) is 2.92. The third-order valence-electron chi connectivity index (χ3n) is 4.34. The summed E-state index contributed by atoms with van der Waals surface area (Å²) in [7, 11) is 0. The van der Waals surface area contributed by atoms with Crippen molar-refractivity contribution in [3.8, 4) is 5.69 Å². The molecule has 2 N–H and O–H groups in total. The second kappa shape index (κ2) is 8.18. The van der Waals surface area contributed by atoms with E-state index in [1.165, 1.54) is 39.2 Å². The van der Waals surface area contributed by atoms with Gasteiger partial charge in [0.1, 0.15) is 11.4 Å². The van der Waals surface area contributed by atoms with Gasteiger partial charge in [-0.25, -0.2) is 13.9 Å². The zero-order chi connectivity index (χ0) is 20.4. The molecule has 2 aromatic heterocycles. The lowest BCUT2D eigenvalue weighted by molar-refractivity contribution is 0.0954. The van der Waals surface area contributed by atoms with E-state index in [1.54, 1.807) is 18.2 Å². The van der Waals surface area contributed by atoms with E-state index < -0.39 is 5.82 Å². The largest absolute Gasteiger partial charge is 0.346 e. The minimum atomic E-state index is -0.533. The van der Waals surface area contributed by atoms with Crippen LogP contribution in [0.3, 0.4) is 0 Å². The Morgan fingerprint density at radius 3 is 2.93 bits per heavy atom. The molecule has 11 heteroatoms. The first-order chi connectivity index (χ1) is 14.0. The van der Waals surface area contributed by atoms with Gasteiger partial charge in [0, 0.05) is 18.8 Å². The van der Waals surface area contributed by atoms with Gasteiger partial charge in [-0.1, -0.05) is 16.8 Å². The van der Waals surface area contributed by atoms with Crippen molar-refractivity contribution in [1.29, 1.82) is 0 Å². The number of nitrogens with zero attached hydrogens (tertiary/aromatic N) is 4. The van der Waals surface area contributed by atoms with Crippen molar-refractivity contribution in [1.82, 2.24) is 25.6 Å². The highest BCUT2D eigenvalue weighted by Crippen LogP contribution is 2.23. The number of carbonyl (C=O) groups is 2. The van der Waals surface area contributed by atoms with E-state index in [2.05, 4.69) is 20.9 Å². The molecule has 3 heterocycles. The van der Waals surface area contributed by atoms with Gasteiger partial charge in [0.2, 0.25) is 0 Å². The maximum absolute atomic E-state index is 14.6. The molecule has 0 aliphatic carbocycles. The summed E-state index contributed by atoms with van der Waals surface area (Å²) in [5.41, 5.74) is 1.15. The Labute approximate surface area is 174 Å². The number of thiophene rings is 1. The summed E-state index contributed by atoms with van der Waals surface area (Å²) < 4.78 is 16.5. The Kier molecular flexibility index (Phi) is 5.45. The molecule has 1 aromatic carbocycles. The Balaban J connectivity index is 1.45. The first-order valence-corrected chi connectivity index (χ1v) is 10.0. The summed E-state index contributed by atoms with van der Waals surface area (Å²) in [4.78, 5) is 26.0. The first-order valence-electron chi connectivity index (χ1n) is 8.81. The van der Waals surface area contributed by atoms with Gasteiger partial charge in [0.25, 0.3) is 5.91 Å². The topological polar surface area (TPSA) is 92.2 Å². The molecule has 1 saturated heterocycles. The third-order valence-corrected chi connectivity index (χ3v) is 5.57. The number of anilines is 1. The van der Waals surface area contributed by atoms with Crippen molar-refractivity contribution in [3.63, 3.8) is 0 Å². The quantitative estimate of drug-likeness (QED) is 0.645. The van der Waals surface area contributed by atoms with Crippen LogP contribution in [0.25, 0.3) is 5.69 Å². The number of aromatic nitrogens is 3. The summed E-state index contributed by atoms with van der Waals surface area (Å²) in [6.45, 7) is 1.29. The average molecular weight is 435 g/mol. The molecule has 150 valence electrons. The van der Waals surface area contributed by atoms with Crippen LogP contribution in [0.5, 0.6) is 0 Å². The maximum atomic E-state index is 14.6. The lowest BCUT2D eigenvalue weighted by Gasteiger charge is -2.27. The molecule has 0 atom stereocenters. The van der Waals surface area contributed by atoms with Crippen molar-refractivity contribution in [2.24, 2.45) is 0 Å². The van der Waals surface area contributed by atoms with Gasteiger partial charge < -0.3 is 10.6 Å². The Morgan fingerprint density at radius 2 is 2.21 bits per heavy atom. The van der Waals surface area contributed by atoms with Gasteiger partial charge in [-0.2, -0.15) is 0 Å². The van der Waals surface area contributed by atoms with Gasteiger partial charge in [-0.3, -0.25) is 9.69 Å². The number of hydrogen-bond acceptors (Lipinski definition) is 5. The summed E-state index contributed by atoms with van der Waals surface area (Å²) in [5, 5.41) is 13.3. The summed E-state index contributed by atoms with van der Waals surface area (Å²) in [6, 6.07) is 7.54. The molecular formula is C18H16ClFN6O2S. The molecule has 0 spiro atoms. The van der Waals surface area contributed by atoms with E-state index in [4.69, 9.17) is 11.6 Å². The van der Waals surface area contributed by atoms with Gasteiger partial charge in [-0.05, 0) is 36.8 Å². The molecular weight excluding hydrogens is 419 g/mol. The molecule has 4 rings (SSSR count). The fraction of sp³-hybridized carbons (Fsp3) is 0.222. The van der Waals surface area contributed by atoms with E-state index in [1.807, 2.05) is 0 Å². The van der Waals surface area contributed by atoms with Crippen LogP contribution in [0.4, 0.5) is 14.9 Å². The SMILES string of the molecule is O=C(NCc1cn(-c2ccc(N3CCCNC3=O)cc2F)nn1)c1ccc(Cl)s1. The smallest absolute Gasteiger partial charge is 0.321 e. The van der Waals surface area contributed by atoms with Crippen LogP contribution < -0.4 is 15.5 Å². The number of amides is 3. The zero-order valence-electron chi connectivity index (χ0n) is 15.1. The van der Waals surface area contributed by atoms with E-state index in [-0.39, 0.29) is 24.2 Å². The van der Waals surface area contributed by atoms with Crippen LogP contribution in [-0.2, 0) is 6.54 Å². The van der Waals surface area contributed by atoms with Crippen molar-refractivity contribution >= 4 is 40.6 Å². The molecule has 3 amide bonds. The van der Waals surface area contributed by atoms with Crippen molar-refractivity contribution in [3.05, 3.63) is 57.3 Å². The van der Waals surface area contributed by atoms with Crippen molar-refractivity contribution in [2.45, 2.75) is 13.0 Å². The number of benzene rings is 1. The van der Waals surface area contributed by atoms with Crippen molar-refractivity contribution < 1.29 is 14.0 Å². The lowest BCUT2D eigenvalue weighted by atomic mass is 10.2. The van der Waals surface area contributed by atoms with Gasteiger partial charge in [-0.15, -0.1) is 16.4 Å². The van der Waals surface area contributed by atoms with Crippen LogP contribution in [0.15, 0.2) is 36.5 Å². The molecule has 0 unspecified atom stereocenters. The number of halogens is 2. The van der Waals surface area contributed by atoms with Crippen molar-refractivity contribution in [2.75, 3.05) is 18.0 Å². The van der Waals surface area contributed by atoms with E-state index in [0.29, 0.717) is 33.7 Å². The zero-order valence-corrected chi connectivity index (χ0v) is 16.6. The van der Waals surface area contributed by atoms with E-state index in [9.17, 15) is 14.0 Å². The molecule has 29 heavy (non-hydrogen) atoms. The minimum Gasteiger partial charge on any atom is -0.346 e.